The van der Waals surface area contributed by atoms with Crippen LogP contribution in [0.15, 0.2) is 10.6 Å². The van der Waals surface area contributed by atoms with Crippen LogP contribution < -0.4 is 4.74 Å². The Morgan fingerprint density at radius 3 is 2.86 bits per heavy atom. The molecule has 0 unspecified atom stereocenters. The molecule has 1 aromatic heterocycles. The number of hydrogen-bond acceptors (Lipinski definition) is 5. The van der Waals surface area contributed by atoms with Crippen molar-refractivity contribution in [3.8, 4) is 5.88 Å². The Morgan fingerprint density at radius 2 is 2.24 bits per heavy atom. The number of methoxy groups -OCH3 is 1. The average molecular weight is 293 g/mol. The zero-order chi connectivity index (χ0) is 15.0. The van der Waals surface area contributed by atoms with E-state index in [2.05, 4.69) is 23.9 Å². The second kappa shape index (κ2) is 5.33. The van der Waals surface area contributed by atoms with Crippen molar-refractivity contribution < 1.29 is 14.1 Å². The molecule has 6 nitrogen and oxygen atoms in total. The maximum absolute atomic E-state index is 12.3. The third-order valence-electron chi connectivity index (χ3n) is 4.39. The van der Waals surface area contributed by atoms with E-state index in [0.717, 1.165) is 32.7 Å². The fourth-order valence-electron chi connectivity index (χ4n) is 3.48. The summed E-state index contributed by atoms with van der Waals surface area (Å²) < 4.78 is 9.96. The highest BCUT2D eigenvalue weighted by atomic mass is 16.5. The minimum absolute atomic E-state index is 0.0845. The molecule has 1 spiro atoms. The summed E-state index contributed by atoms with van der Waals surface area (Å²) in [7, 11) is 1.51. The minimum Gasteiger partial charge on any atom is -0.479 e. The van der Waals surface area contributed by atoms with Gasteiger partial charge in [-0.1, -0.05) is 13.8 Å². The van der Waals surface area contributed by atoms with Crippen molar-refractivity contribution in [2.75, 3.05) is 39.8 Å². The topological polar surface area (TPSA) is 58.8 Å². The molecule has 2 saturated heterocycles. The lowest BCUT2D eigenvalue weighted by atomic mass is 9.79. The zero-order valence-electron chi connectivity index (χ0n) is 13.0. The maximum Gasteiger partial charge on any atom is 0.292 e. The first-order valence-electron chi connectivity index (χ1n) is 7.54. The molecule has 3 rings (SSSR count). The monoisotopic (exact) mass is 293 g/mol. The van der Waals surface area contributed by atoms with Crippen molar-refractivity contribution in [1.82, 2.24) is 15.0 Å². The molecule has 0 saturated carbocycles. The normalized spacial score (nSPS) is 21.0. The summed E-state index contributed by atoms with van der Waals surface area (Å²) in [6, 6.07) is 1.55. The van der Waals surface area contributed by atoms with Gasteiger partial charge in [-0.05, 0) is 24.0 Å². The van der Waals surface area contributed by atoms with Gasteiger partial charge in [0, 0.05) is 31.6 Å². The van der Waals surface area contributed by atoms with Crippen molar-refractivity contribution in [3.05, 3.63) is 11.8 Å². The summed E-state index contributed by atoms with van der Waals surface area (Å²) in [6.45, 7) is 9.55. The van der Waals surface area contributed by atoms with Gasteiger partial charge in [-0.2, -0.15) is 0 Å². The summed E-state index contributed by atoms with van der Waals surface area (Å²) in [4.78, 5) is 16.6. The maximum atomic E-state index is 12.3. The predicted molar refractivity (Wildman–Crippen MR) is 77.3 cm³/mol. The molecule has 0 radical (unpaired) electrons. The molecule has 0 bridgehead atoms. The van der Waals surface area contributed by atoms with Gasteiger partial charge in [0.15, 0.2) is 0 Å². The molecule has 6 heteroatoms. The Kier molecular flexibility index (Phi) is 3.65. The third kappa shape index (κ3) is 2.77. The quantitative estimate of drug-likeness (QED) is 0.841. The van der Waals surface area contributed by atoms with E-state index in [4.69, 9.17) is 9.26 Å². The van der Waals surface area contributed by atoms with E-state index < -0.39 is 0 Å². The van der Waals surface area contributed by atoms with Crippen molar-refractivity contribution in [2.45, 2.75) is 20.3 Å². The molecule has 2 aliphatic rings. The largest absolute Gasteiger partial charge is 0.479 e. The van der Waals surface area contributed by atoms with Crippen LogP contribution in [0.2, 0.25) is 0 Å². The van der Waals surface area contributed by atoms with Gasteiger partial charge in [0.25, 0.3) is 11.8 Å². The Morgan fingerprint density at radius 1 is 1.48 bits per heavy atom. The minimum atomic E-state index is -0.0845. The van der Waals surface area contributed by atoms with Gasteiger partial charge >= 0.3 is 0 Å². The lowest BCUT2D eigenvalue weighted by Gasteiger charge is -2.47. The van der Waals surface area contributed by atoms with Crippen LogP contribution in [0.25, 0.3) is 0 Å². The summed E-state index contributed by atoms with van der Waals surface area (Å²) in [6.07, 6.45) is 1.18. The van der Waals surface area contributed by atoms with Crippen LogP contribution in [0.5, 0.6) is 5.88 Å². The predicted octanol–water partition coefficient (Wildman–Crippen LogP) is 1.49. The molecule has 2 fully saturated rings. The number of hydrogen-bond donors (Lipinski definition) is 0. The smallest absolute Gasteiger partial charge is 0.292 e. The van der Waals surface area contributed by atoms with E-state index in [1.54, 1.807) is 6.07 Å². The molecule has 1 amide bonds. The average Bonchev–Trinajstić information content (AvgIpc) is 3.01. The van der Waals surface area contributed by atoms with Crippen LogP contribution in [0.3, 0.4) is 0 Å². The molecule has 0 N–H and O–H groups in total. The number of likely N-dealkylation sites (tertiary alicyclic amines) is 2. The number of aromatic nitrogens is 1. The number of nitrogens with zero attached hydrogens (tertiary/aromatic N) is 3. The molecule has 21 heavy (non-hydrogen) atoms. The Bertz CT molecular complexity index is 520. The third-order valence-corrected chi connectivity index (χ3v) is 4.39. The molecule has 0 aliphatic carbocycles. The van der Waals surface area contributed by atoms with Gasteiger partial charge in [0.2, 0.25) is 5.76 Å². The summed E-state index contributed by atoms with van der Waals surface area (Å²) in [5.74, 6) is 1.22. The molecule has 0 aromatic carbocycles. The summed E-state index contributed by atoms with van der Waals surface area (Å²) in [5, 5.41) is 3.68. The van der Waals surface area contributed by atoms with Gasteiger partial charge in [-0.15, -0.1) is 0 Å². The first-order chi connectivity index (χ1) is 10.0. The standard InChI is InChI=1S/C15H23N3O3/c1-11(2)7-17-5-4-15(8-17)9-18(10-15)14(19)12-6-13(20-3)16-21-12/h6,11H,4-5,7-10H2,1-3H3. The Hall–Kier alpha value is -1.56. The fraction of sp³-hybridized carbons (Fsp3) is 0.733. The fourth-order valence-corrected chi connectivity index (χ4v) is 3.48. The lowest BCUT2D eigenvalue weighted by Crippen LogP contribution is -2.59. The van der Waals surface area contributed by atoms with Crippen LogP contribution in [0.4, 0.5) is 0 Å². The number of carbonyl (C=O) groups excluding carboxylic acids is 1. The first-order valence-corrected chi connectivity index (χ1v) is 7.54. The van der Waals surface area contributed by atoms with E-state index in [-0.39, 0.29) is 11.7 Å². The number of ether oxygens (including phenoxy) is 1. The van der Waals surface area contributed by atoms with E-state index in [9.17, 15) is 4.79 Å². The first kappa shape index (κ1) is 14.4. The van der Waals surface area contributed by atoms with Crippen LogP contribution in [-0.2, 0) is 0 Å². The molecular formula is C15H23N3O3. The summed E-state index contributed by atoms with van der Waals surface area (Å²) >= 11 is 0. The number of rotatable bonds is 4. The van der Waals surface area contributed by atoms with Gasteiger partial charge in [-0.3, -0.25) is 4.79 Å². The molecule has 2 aliphatic heterocycles. The summed E-state index contributed by atoms with van der Waals surface area (Å²) in [5.41, 5.74) is 0.300. The van der Waals surface area contributed by atoms with E-state index in [1.165, 1.54) is 13.5 Å². The second-order valence-electron chi connectivity index (χ2n) is 6.77. The van der Waals surface area contributed by atoms with Crippen molar-refractivity contribution in [2.24, 2.45) is 11.3 Å². The Labute approximate surface area is 125 Å². The molecule has 1 aromatic rings. The van der Waals surface area contributed by atoms with E-state index in [0.29, 0.717) is 17.2 Å². The molecule has 0 atom stereocenters. The molecule has 3 heterocycles. The van der Waals surface area contributed by atoms with E-state index in [1.807, 2.05) is 4.90 Å². The van der Waals surface area contributed by atoms with Gasteiger partial charge in [0.1, 0.15) is 0 Å². The lowest BCUT2D eigenvalue weighted by molar-refractivity contribution is 0.00730. The van der Waals surface area contributed by atoms with Gasteiger partial charge in [-0.25, -0.2) is 0 Å². The highest BCUT2D eigenvalue weighted by Crippen LogP contribution is 2.40. The van der Waals surface area contributed by atoms with Crippen LogP contribution in [0, 0.1) is 11.3 Å². The SMILES string of the molecule is COc1cc(C(=O)N2CC3(CCN(CC(C)C)C3)C2)on1. The van der Waals surface area contributed by atoms with Gasteiger partial charge in [0.05, 0.1) is 13.2 Å². The highest BCUT2D eigenvalue weighted by Gasteiger charge is 2.49. The van der Waals surface area contributed by atoms with Crippen molar-refractivity contribution >= 4 is 5.91 Å². The second-order valence-corrected chi connectivity index (χ2v) is 6.77. The zero-order valence-corrected chi connectivity index (χ0v) is 13.0. The van der Waals surface area contributed by atoms with Crippen LogP contribution in [0.1, 0.15) is 30.8 Å². The van der Waals surface area contributed by atoms with Crippen molar-refractivity contribution in [3.63, 3.8) is 0 Å². The van der Waals surface area contributed by atoms with E-state index >= 15 is 0 Å². The highest BCUT2D eigenvalue weighted by molar-refractivity contribution is 5.92. The molecule has 116 valence electrons. The van der Waals surface area contributed by atoms with Crippen LogP contribution in [-0.4, -0.2) is 60.7 Å². The molecular weight excluding hydrogens is 270 g/mol. The Balaban J connectivity index is 1.55. The van der Waals surface area contributed by atoms with Crippen molar-refractivity contribution in [1.29, 1.82) is 0 Å². The van der Waals surface area contributed by atoms with Gasteiger partial charge < -0.3 is 19.1 Å². The number of carbonyl (C=O) groups is 1. The number of amides is 1. The van der Waals surface area contributed by atoms with Crippen LogP contribution >= 0.6 is 0 Å².